The van der Waals surface area contributed by atoms with Crippen LogP contribution < -0.4 is 15.2 Å². The molecule has 1 atom stereocenters. The van der Waals surface area contributed by atoms with Gasteiger partial charge in [-0.15, -0.1) is 0 Å². The first-order chi connectivity index (χ1) is 18.0. The second kappa shape index (κ2) is 10.9. The fourth-order valence-electron chi connectivity index (χ4n) is 5.11. The van der Waals surface area contributed by atoms with Crippen LogP contribution in [0.3, 0.4) is 0 Å². The predicted molar refractivity (Wildman–Crippen MR) is 146 cm³/mol. The molecule has 0 amide bonds. The SMILES string of the molecule is COc1cccc([C@@H](c2c(O)cc(C)n(Cc3ccccc3)c2=O)N2CCN(c3ccccn3)CC2)c1. The molecular weight excluding hydrogens is 464 g/mol. The maximum absolute atomic E-state index is 14.0. The quantitative estimate of drug-likeness (QED) is 0.413. The number of aryl methyl sites for hydroxylation is 1. The third-order valence-electron chi connectivity index (χ3n) is 7.04. The molecule has 1 saturated heterocycles. The molecule has 3 heterocycles. The van der Waals surface area contributed by atoms with Crippen molar-refractivity contribution in [3.05, 3.63) is 118 Å². The van der Waals surface area contributed by atoms with Gasteiger partial charge in [0.25, 0.3) is 5.56 Å². The lowest BCUT2D eigenvalue weighted by Gasteiger charge is -2.40. The van der Waals surface area contributed by atoms with E-state index < -0.39 is 6.04 Å². The van der Waals surface area contributed by atoms with Gasteiger partial charge in [0.05, 0.1) is 25.3 Å². The van der Waals surface area contributed by atoms with Crippen molar-refractivity contribution in [3.63, 3.8) is 0 Å². The lowest BCUT2D eigenvalue weighted by atomic mass is 9.95. The highest BCUT2D eigenvalue weighted by Gasteiger charge is 2.32. The summed E-state index contributed by atoms with van der Waals surface area (Å²) in [5.74, 6) is 1.68. The topological polar surface area (TPSA) is 70.8 Å². The van der Waals surface area contributed by atoms with E-state index in [0.717, 1.165) is 35.7 Å². The maximum Gasteiger partial charge on any atom is 0.259 e. The molecular formula is C30H32N4O3. The van der Waals surface area contributed by atoms with E-state index in [-0.39, 0.29) is 11.3 Å². The van der Waals surface area contributed by atoms with E-state index in [1.165, 1.54) is 0 Å². The van der Waals surface area contributed by atoms with Gasteiger partial charge in [-0.05, 0) is 48.4 Å². The van der Waals surface area contributed by atoms with E-state index >= 15 is 0 Å². The van der Waals surface area contributed by atoms with Gasteiger partial charge in [-0.2, -0.15) is 0 Å². The Morgan fingerprint density at radius 1 is 0.946 bits per heavy atom. The molecule has 4 aromatic rings. The van der Waals surface area contributed by atoms with Crippen molar-refractivity contribution in [2.75, 3.05) is 38.2 Å². The predicted octanol–water partition coefficient (Wildman–Crippen LogP) is 4.23. The van der Waals surface area contributed by atoms with Crippen LogP contribution in [0.25, 0.3) is 0 Å². The zero-order chi connectivity index (χ0) is 25.8. The number of nitrogens with zero attached hydrogens (tertiary/aromatic N) is 4. The molecule has 0 spiro atoms. The van der Waals surface area contributed by atoms with Gasteiger partial charge in [-0.25, -0.2) is 4.98 Å². The Labute approximate surface area is 217 Å². The molecule has 37 heavy (non-hydrogen) atoms. The smallest absolute Gasteiger partial charge is 0.259 e. The Morgan fingerprint density at radius 3 is 2.41 bits per heavy atom. The number of methoxy groups -OCH3 is 1. The molecule has 5 rings (SSSR count). The lowest BCUT2D eigenvalue weighted by molar-refractivity contribution is 0.207. The van der Waals surface area contributed by atoms with Crippen LogP contribution in [0.1, 0.15) is 28.4 Å². The van der Waals surface area contributed by atoms with Gasteiger partial charge in [0.15, 0.2) is 0 Å². The number of aromatic hydroxyl groups is 1. The standard InChI is InChI=1S/C30H32N4O3/c1-22-19-26(35)28(30(36)34(22)21-23-9-4-3-5-10-23)29(24-11-8-12-25(20-24)37-2)33-17-15-32(16-18-33)27-13-6-7-14-31-27/h3-14,19-20,29,35H,15-18,21H2,1-2H3/t29-/m0/s1. The highest BCUT2D eigenvalue weighted by molar-refractivity contribution is 5.44. The monoisotopic (exact) mass is 496 g/mol. The van der Waals surface area contributed by atoms with Gasteiger partial charge >= 0.3 is 0 Å². The average Bonchev–Trinajstić information content (AvgIpc) is 2.94. The second-order valence-electron chi connectivity index (χ2n) is 9.35. The lowest BCUT2D eigenvalue weighted by Crippen LogP contribution is -2.49. The van der Waals surface area contributed by atoms with E-state index in [0.29, 0.717) is 30.9 Å². The first kappa shape index (κ1) is 24.6. The molecule has 7 heteroatoms. The van der Waals surface area contributed by atoms with Crippen LogP contribution >= 0.6 is 0 Å². The maximum atomic E-state index is 14.0. The molecule has 0 aliphatic carbocycles. The van der Waals surface area contributed by atoms with Gasteiger partial charge in [0, 0.05) is 38.1 Å². The van der Waals surface area contributed by atoms with Crippen molar-refractivity contribution < 1.29 is 9.84 Å². The number of ether oxygens (including phenoxy) is 1. The van der Waals surface area contributed by atoms with Gasteiger partial charge in [0.2, 0.25) is 0 Å². The summed E-state index contributed by atoms with van der Waals surface area (Å²) < 4.78 is 7.26. The molecule has 190 valence electrons. The molecule has 0 bridgehead atoms. The van der Waals surface area contributed by atoms with Gasteiger partial charge in [-0.3, -0.25) is 9.69 Å². The molecule has 2 aromatic heterocycles. The first-order valence-electron chi connectivity index (χ1n) is 12.6. The second-order valence-corrected chi connectivity index (χ2v) is 9.35. The zero-order valence-corrected chi connectivity index (χ0v) is 21.2. The van der Waals surface area contributed by atoms with Gasteiger partial charge < -0.3 is 19.3 Å². The summed E-state index contributed by atoms with van der Waals surface area (Å²) in [6, 6.07) is 24.9. The van der Waals surface area contributed by atoms with Gasteiger partial charge in [0.1, 0.15) is 17.3 Å². The van der Waals surface area contributed by atoms with Crippen LogP contribution in [0.4, 0.5) is 5.82 Å². The number of aromatic nitrogens is 2. The summed E-state index contributed by atoms with van der Waals surface area (Å²) in [6.45, 7) is 5.26. The minimum absolute atomic E-state index is 0.0202. The summed E-state index contributed by atoms with van der Waals surface area (Å²) in [5.41, 5.74) is 2.88. The van der Waals surface area contributed by atoms with Crippen molar-refractivity contribution >= 4 is 5.82 Å². The van der Waals surface area contributed by atoms with Crippen LogP contribution in [0.5, 0.6) is 11.5 Å². The summed E-state index contributed by atoms with van der Waals surface area (Å²) in [4.78, 5) is 23.1. The Kier molecular flexibility index (Phi) is 7.23. The van der Waals surface area contributed by atoms with Crippen LogP contribution in [-0.2, 0) is 6.54 Å². The number of piperazine rings is 1. The van der Waals surface area contributed by atoms with E-state index in [4.69, 9.17) is 4.74 Å². The third-order valence-corrected chi connectivity index (χ3v) is 7.04. The fraction of sp³-hybridized carbons (Fsp3) is 0.267. The minimum Gasteiger partial charge on any atom is -0.507 e. The Hall–Kier alpha value is -4.10. The number of hydrogen-bond acceptors (Lipinski definition) is 6. The largest absolute Gasteiger partial charge is 0.507 e. The van der Waals surface area contributed by atoms with Crippen LogP contribution in [0.15, 0.2) is 89.9 Å². The van der Waals surface area contributed by atoms with Crippen molar-refractivity contribution in [2.45, 2.75) is 19.5 Å². The van der Waals surface area contributed by atoms with Crippen LogP contribution in [0.2, 0.25) is 0 Å². The van der Waals surface area contributed by atoms with Crippen molar-refractivity contribution in [1.29, 1.82) is 0 Å². The van der Waals surface area contributed by atoms with E-state index in [1.807, 2.05) is 79.7 Å². The van der Waals surface area contributed by atoms with Crippen LogP contribution in [-0.4, -0.2) is 52.8 Å². The Morgan fingerprint density at radius 2 is 1.70 bits per heavy atom. The Bertz CT molecular complexity index is 1400. The zero-order valence-electron chi connectivity index (χ0n) is 21.2. The first-order valence-corrected chi connectivity index (χ1v) is 12.6. The number of rotatable bonds is 7. The Balaban J connectivity index is 1.55. The molecule has 1 aliphatic heterocycles. The summed E-state index contributed by atoms with van der Waals surface area (Å²) in [6.07, 6.45) is 1.81. The van der Waals surface area contributed by atoms with Crippen molar-refractivity contribution in [1.82, 2.24) is 14.5 Å². The van der Waals surface area contributed by atoms with E-state index in [2.05, 4.69) is 14.8 Å². The number of hydrogen-bond donors (Lipinski definition) is 1. The third kappa shape index (κ3) is 5.22. The molecule has 0 unspecified atom stereocenters. The molecule has 1 fully saturated rings. The fourth-order valence-corrected chi connectivity index (χ4v) is 5.11. The summed E-state index contributed by atoms with van der Waals surface area (Å²) >= 11 is 0. The van der Waals surface area contributed by atoms with Crippen molar-refractivity contribution in [2.24, 2.45) is 0 Å². The summed E-state index contributed by atoms with van der Waals surface area (Å²) in [5, 5.41) is 11.2. The number of benzene rings is 2. The normalized spacial score (nSPS) is 14.9. The number of pyridine rings is 2. The van der Waals surface area contributed by atoms with E-state index in [9.17, 15) is 9.90 Å². The highest BCUT2D eigenvalue weighted by atomic mass is 16.5. The molecule has 1 aliphatic rings. The average molecular weight is 497 g/mol. The van der Waals surface area contributed by atoms with Crippen LogP contribution in [0, 0.1) is 6.92 Å². The molecule has 1 N–H and O–H groups in total. The highest BCUT2D eigenvalue weighted by Crippen LogP contribution is 2.35. The number of anilines is 1. The van der Waals surface area contributed by atoms with Gasteiger partial charge in [-0.1, -0.05) is 48.5 Å². The molecule has 2 aromatic carbocycles. The summed E-state index contributed by atoms with van der Waals surface area (Å²) in [7, 11) is 1.63. The minimum atomic E-state index is -0.420. The molecule has 7 nitrogen and oxygen atoms in total. The molecule has 0 saturated carbocycles. The molecule has 0 radical (unpaired) electrons. The van der Waals surface area contributed by atoms with Crippen molar-refractivity contribution in [3.8, 4) is 11.5 Å². The van der Waals surface area contributed by atoms with E-state index in [1.54, 1.807) is 23.9 Å².